The van der Waals surface area contributed by atoms with Crippen LogP contribution in [0.5, 0.6) is 0 Å². The van der Waals surface area contributed by atoms with E-state index in [1.54, 1.807) is 0 Å². The standard InChI is InChI=1S/C19H27N3O.2ClH/c20-13-15-5-4-6-16(11-15)18(12-17-14-21-9-10-22-17)19(23)7-2-1-3-8-19;;/h4-6,11,17-18,21-23H,1-3,7-10,12,14H2;2*1H. The van der Waals surface area contributed by atoms with Crippen LogP contribution >= 0.6 is 24.8 Å². The molecule has 1 aliphatic carbocycles. The van der Waals surface area contributed by atoms with Crippen LogP contribution in [-0.4, -0.2) is 36.4 Å². The fourth-order valence-corrected chi connectivity index (χ4v) is 4.17. The van der Waals surface area contributed by atoms with Crippen molar-refractivity contribution in [2.24, 2.45) is 0 Å². The lowest BCUT2D eigenvalue weighted by molar-refractivity contribution is -0.0269. The molecule has 0 spiro atoms. The summed E-state index contributed by atoms with van der Waals surface area (Å²) in [5, 5.41) is 27.6. The lowest BCUT2D eigenvalue weighted by Gasteiger charge is -2.42. The molecule has 2 atom stereocenters. The average molecular weight is 386 g/mol. The summed E-state index contributed by atoms with van der Waals surface area (Å²) in [6.07, 6.45) is 6.07. The lowest BCUT2D eigenvalue weighted by atomic mass is 9.70. The Bertz CT molecular complexity index is 564. The van der Waals surface area contributed by atoms with E-state index in [0.717, 1.165) is 57.3 Å². The molecule has 3 rings (SSSR count). The second kappa shape index (κ2) is 10.4. The summed E-state index contributed by atoms with van der Waals surface area (Å²) in [5.41, 5.74) is 1.16. The summed E-state index contributed by atoms with van der Waals surface area (Å²) < 4.78 is 0. The molecule has 0 radical (unpaired) electrons. The third kappa shape index (κ3) is 5.57. The Morgan fingerprint density at radius 2 is 1.96 bits per heavy atom. The van der Waals surface area contributed by atoms with Crippen molar-refractivity contribution in [3.05, 3.63) is 35.4 Å². The van der Waals surface area contributed by atoms with Crippen molar-refractivity contribution in [2.45, 2.75) is 56.1 Å². The molecule has 2 unspecified atom stereocenters. The van der Waals surface area contributed by atoms with Gasteiger partial charge in [-0.1, -0.05) is 31.4 Å². The zero-order valence-electron chi connectivity index (χ0n) is 14.5. The molecule has 1 aliphatic heterocycles. The van der Waals surface area contributed by atoms with Crippen LogP contribution in [0.1, 0.15) is 55.6 Å². The maximum atomic E-state index is 11.3. The van der Waals surface area contributed by atoms with Gasteiger partial charge < -0.3 is 15.7 Å². The first-order chi connectivity index (χ1) is 11.2. The molecule has 1 aromatic carbocycles. The van der Waals surface area contributed by atoms with Crippen LogP contribution in [0.25, 0.3) is 0 Å². The van der Waals surface area contributed by atoms with Gasteiger partial charge in [-0.25, -0.2) is 0 Å². The summed E-state index contributed by atoms with van der Waals surface area (Å²) in [6, 6.07) is 10.4. The van der Waals surface area contributed by atoms with Gasteiger partial charge in [0.1, 0.15) is 0 Å². The molecule has 0 amide bonds. The normalized spacial score (nSPS) is 23.4. The molecule has 2 fully saturated rings. The second-order valence-corrected chi connectivity index (χ2v) is 7.04. The predicted octanol–water partition coefficient (Wildman–Crippen LogP) is 3.13. The van der Waals surface area contributed by atoms with E-state index in [1.807, 2.05) is 18.2 Å². The maximum Gasteiger partial charge on any atom is 0.0991 e. The molecule has 3 N–H and O–H groups in total. The quantitative estimate of drug-likeness (QED) is 0.744. The number of halogens is 2. The van der Waals surface area contributed by atoms with Crippen LogP contribution < -0.4 is 10.6 Å². The van der Waals surface area contributed by atoms with Gasteiger partial charge >= 0.3 is 0 Å². The van der Waals surface area contributed by atoms with E-state index < -0.39 is 5.60 Å². The maximum absolute atomic E-state index is 11.3. The Morgan fingerprint density at radius 1 is 1.20 bits per heavy atom. The first-order valence-electron chi connectivity index (χ1n) is 8.88. The van der Waals surface area contributed by atoms with E-state index in [0.29, 0.717) is 11.6 Å². The van der Waals surface area contributed by atoms with Crippen molar-refractivity contribution in [2.75, 3.05) is 19.6 Å². The largest absolute Gasteiger partial charge is 0.389 e. The van der Waals surface area contributed by atoms with Crippen molar-refractivity contribution in [3.63, 3.8) is 0 Å². The highest BCUT2D eigenvalue weighted by molar-refractivity contribution is 5.85. The molecule has 2 aliphatic rings. The van der Waals surface area contributed by atoms with Crippen molar-refractivity contribution < 1.29 is 5.11 Å². The van der Waals surface area contributed by atoms with Crippen LogP contribution in [0.4, 0.5) is 0 Å². The van der Waals surface area contributed by atoms with Gasteiger partial charge in [-0.15, -0.1) is 24.8 Å². The summed E-state index contributed by atoms with van der Waals surface area (Å²) in [4.78, 5) is 0. The number of nitriles is 1. The topological polar surface area (TPSA) is 68.1 Å². The zero-order valence-corrected chi connectivity index (χ0v) is 16.2. The Kier molecular flexibility index (Phi) is 9.20. The van der Waals surface area contributed by atoms with E-state index in [2.05, 4.69) is 22.8 Å². The minimum Gasteiger partial charge on any atom is -0.389 e. The number of benzene rings is 1. The molecule has 6 heteroatoms. The van der Waals surface area contributed by atoms with E-state index in [1.165, 1.54) is 6.42 Å². The molecular weight excluding hydrogens is 357 g/mol. The van der Waals surface area contributed by atoms with Gasteiger partial charge in [0.15, 0.2) is 0 Å². The van der Waals surface area contributed by atoms with Gasteiger partial charge in [-0.05, 0) is 37.0 Å². The predicted molar refractivity (Wildman–Crippen MR) is 106 cm³/mol. The smallest absolute Gasteiger partial charge is 0.0991 e. The highest BCUT2D eigenvalue weighted by Crippen LogP contribution is 2.42. The number of piperazine rings is 1. The molecule has 1 heterocycles. The fraction of sp³-hybridized carbons (Fsp3) is 0.632. The van der Waals surface area contributed by atoms with Crippen molar-refractivity contribution >= 4 is 24.8 Å². The SMILES string of the molecule is Cl.Cl.N#Cc1cccc(C(CC2CNCCN2)C2(O)CCCCC2)c1. The Labute approximate surface area is 163 Å². The van der Waals surface area contributed by atoms with Crippen LogP contribution in [0.2, 0.25) is 0 Å². The number of aliphatic hydroxyl groups is 1. The molecule has 4 nitrogen and oxygen atoms in total. The molecule has 1 aromatic rings. The van der Waals surface area contributed by atoms with Gasteiger partial charge in [0.2, 0.25) is 0 Å². The minimum absolute atomic E-state index is 0. The average Bonchev–Trinajstić information content (AvgIpc) is 2.61. The molecule has 0 aromatic heterocycles. The molecule has 1 saturated heterocycles. The lowest BCUT2D eigenvalue weighted by Crippen LogP contribution is -2.51. The summed E-state index contributed by atoms with van der Waals surface area (Å²) in [6.45, 7) is 2.94. The van der Waals surface area contributed by atoms with Crippen LogP contribution in [-0.2, 0) is 0 Å². The summed E-state index contributed by atoms with van der Waals surface area (Å²) in [7, 11) is 0. The summed E-state index contributed by atoms with van der Waals surface area (Å²) >= 11 is 0. The Hall–Kier alpha value is -0.830. The molecular formula is C19H29Cl2N3O. The monoisotopic (exact) mass is 385 g/mol. The number of rotatable bonds is 4. The van der Waals surface area contributed by atoms with Crippen molar-refractivity contribution in [1.82, 2.24) is 10.6 Å². The molecule has 25 heavy (non-hydrogen) atoms. The van der Waals surface area contributed by atoms with Gasteiger partial charge in [0.05, 0.1) is 17.2 Å². The highest BCUT2D eigenvalue weighted by Gasteiger charge is 2.39. The van der Waals surface area contributed by atoms with Crippen molar-refractivity contribution in [3.8, 4) is 6.07 Å². The first kappa shape index (κ1) is 22.2. The number of hydrogen-bond donors (Lipinski definition) is 3. The first-order valence-corrected chi connectivity index (χ1v) is 8.88. The molecule has 1 saturated carbocycles. The molecule has 140 valence electrons. The van der Waals surface area contributed by atoms with E-state index in [4.69, 9.17) is 0 Å². The van der Waals surface area contributed by atoms with Crippen LogP contribution in [0.3, 0.4) is 0 Å². The summed E-state index contributed by atoms with van der Waals surface area (Å²) in [5.74, 6) is 0.0912. The number of nitrogens with zero attached hydrogens (tertiary/aromatic N) is 1. The fourth-order valence-electron chi connectivity index (χ4n) is 4.17. The highest BCUT2D eigenvalue weighted by atomic mass is 35.5. The third-order valence-electron chi connectivity index (χ3n) is 5.43. The third-order valence-corrected chi connectivity index (χ3v) is 5.43. The second-order valence-electron chi connectivity index (χ2n) is 7.04. The minimum atomic E-state index is -0.633. The van der Waals surface area contributed by atoms with E-state index in [9.17, 15) is 10.4 Å². The van der Waals surface area contributed by atoms with Gasteiger partial charge in [0, 0.05) is 31.6 Å². The zero-order chi connectivity index (χ0) is 16.1. The van der Waals surface area contributed by atoms with E-state index in [-0.39, 0.29) is 30.7 Å². The van der Waals surface area contributed by atoms with Gasteiger partial charge in [0.25, 0.3) is 0 Å². The number of hydrogen-bond acceptors (Lipinski definition) is 4. The van der Waals surface area contributed by atoms with Crippen LogP contribution in [0.15, 0.2) is 24.3 Å². The Morgan fingerprint density at radius 3 is 2.60 bits per heavy atom. The molecule has 0 bridgehead atoms. The van der Waals surface area contributed by atoms with Crippen molar-refractivity contribution in [1.29, 1.82) is 5.26 Å². The van der Waals surface area contributed by atoms with E-state index >= 15 is 0 Å². The van der Waals surface area contributed by atoms with Gasteiger partial charge in [-0.2, -0.15) is 5.26 Å². The Balaban J connectivity index is 0.00000156. The number of nitrogens with one attached hydrogen (secondary N) is 2. The van der Waals surface area contributed by atoms with Crippen LogP contribution in [0, 0.1) is 11.3 Å². The van der Waals surface area contributed by atoms with Gasteiger partial charge in [-0.3, -0.25) is 0 Å².